The van der Waals surface area contributed by atoms with Gasteiger partial charge in [-0.3, -0.25) is 9.82 Å². The molecule has 0 atom stereocenters. The van der Waals surface area contributed by atoms with E-state index in [1.54, 1.807) is 0 Å². The Hall–Kier alpha value is 0.853. The molecule has 0 unspecified atom stereocenters. The Balaban J connectivity index is -0.0000000679. The summed E-state index contributed by atoms with van der Waals surface area (Å²) in [7, 11) is -6.64. The summed E-state index contributed by atoms with van der Waals surface area (Å²) >= 11 is 0. The van der Waals surface area contributed by atoms with E-state index in [-0.39, 0.29) is 31.1 Å². The van der Waals surface area contributed by atoms with Crippen LogP contribution in [0, 0.1) is 31.1 Å². The molecule has 0 heterocycles. The third-order valence-corrected chi connectivity index (χ3v) is 19.1. The van der Waals surface area contributed by atoms with Crippen LogP contribution in [0.25, 0.3) is 45.9 Å². The van der Waals surface area contributed by atoms with Gasteiger partial charge < -0.3 is 36.1 Å². The van der Waals surface area contributed by atoms with E-state index in [1.165, 1.54) is 35.5 Å². The summed E-state index contributed by atoms with van der Waals surface area (Å²) in [5.74, 6) is 0. The second kappa shape index (κ2) is 28.6. The summed E-state index contributed by atoms with van der Waals surface area (Å²) in [5.41, 5.74) is 27.0. The minimum Gasteiger partial charge on any atom is -0.668 e. The number of rotatable bonds is 9. The molecule has 9 nitrogen and oxygen atoms in total. The molecule has 0 bridgehead atoms. The molecule has 0 rings (SSSR count). The van der Waals surface area contributed by atoms with Crippen LogP contribution < -0.4 is 0 Å². The molecule has 0 aliphatic heterocycles. The maximum Gasteiger partial charge on any atom is 0 e. The predicted octanol–water partition coefficient (Wildman–Crippen LogP) is 13.4. The van der Waals surface area contributed by atoms with Gasteiger partial charge in [0, 0.05) is 31.1 Å². The second-order valence-electron chi connectivity index (χ2n) is 15.2. The maximum atomic E-state index is 6.75. The van der Waals surface area contributed by atoms with Crippen molar-refractivity contribution in [3.63, 3.8) is 0 Å². The normalized spacial score (nSPS) is 11.2. The fourth-order valence-electron chi connectivity index (χ4n) is 3.52. The first-order chi connectivity index (χ1) is 16.9. The van der Waals surface area contributed by atoms with Crippen molar-refractivity contribution >= 4 is 49.4 Å². The molecule has 0 saturated heterocycles. The molecule has 0 saturated carbocycles. The molecule has 0 N–H and O–H groups in total. The van der Waals surface area contributed by atoms with E-state index in [0.29, 0.717) is 0 Å². The van der Waals surface area contributed by atoms with Crippen LogP contribution in [-0.4, -0.2) is 49.4 Å². The number of nitrogens with zero attached hydrogens (tertiary/aromatic N) is 9. The zero-order valence-electron chi connectivity index (χ0n) is 30.4. The van der Waals surface area contributed by atoms with Gasteiger partial charge in [0.2, 0.25) is 0 Å². The molecular weight excluding hydrogens is 821 g/mol. The van der Waals surface area contributed by atoms with Gasteiger partial charge in [-0.25, -0.2) is 0 Å². The van der Waals surface area contributed by atoms with Gasteiger partial charge in [0.15, 0.2) is 0 Å². The van der Waals surface area contributed by atoms with Gasteiger partial charge in [-0.05, 0) is 0 Å². The summed E-state index contributed by atoms with van der Waals surface area (Å²) in [6.45, 7) is 45.8. The van der Waals surface area contributed by atoms with Crippen LogP contribution in [0.5, 0.6) is 0 Å². The Kier molecular flexibility index (Phi) is 40.5. The quantitative estimate of drug-likeness (QED) is 0.0709. The van der Waals surface area contributed by atoms with Crippen LogP contribution >= 0.6 is 0 Å². The van der Waals surface area contributed by atoms with E-state index in [4.69, 9.17) is 36.1 Å². The maximum absolute atomic E-state index is 6.75. The number of unbranched alkanes of at least 4 members (excludes halogenated alkanes) is 3. The smallest absolute Gasteiger partial charge is 0 e. The molecule has 0 fully saturated rings. The predicted molar refractivity (Wildman–Crippen MR) is 200 cm³/mol. The first-order valence-corrected chi connectivity index (χ1v) is 34.7. The molecule has 0 aromatic rings. The van der Waals surface area contributed by atoms with Crippen LogP contribution in [0.2, 0.25) is 118 Å². The van der Waals surface area contributed by atoms with Crippen molar-refractivity contribution in [3.8, 4) is 0 Å². The number of hydrogen-bond acceptors (Lipinski definition) is 0. The molecule has 0 radical (unpaired) electrons. The average molecular weight is 889 g/mol. The Morgan fingerprint density at radius 3 is 0.500 bits per heavy atom. The largest absolute Gasteiger partial charge is 0.668 e. The van der Waals surface area contributed by atoms with E-state index < -0.39 is 49.4 Å². The fraction of sp³-hybridized carbons (Fsp3) is 1.00. The monoisotopic (exact) mass is 888 g/mol. The molecular formula is C24H68N9Si6U-5. The van der Waals surface area contributed by atoms with E-state index in [1.807, 2.05) is 0 Å². The van der Waals surface area contributed by atoms with Crippen molar-refractivity contribution in [3.05, 3.63) is 45.9 Å². The summed E-state index contributed by atoms with van der Waals surface area (Å²) in [4.78, 5) is 3.00. The van der Waals surface area contributed by atoms with Gasteiger partial charge >= 0.3 is 0 Å². The minimum absolute atomic E-state index is 0. The van der Waals surface area contributed by atoms with Gasteiger partial charge in [-0.2, -0.15) is 0 Å². The third-order valence-electron chi connectivity index (χ3n) is 2.97. The Labute approximate surface area is 281 Å². The molecule has 16 heteroatoms. The molecule has 0 aromatic carbocycles. The SMILES string of the molecule is CCCCCC.C[Si](C)(C)[N-][Si](C)(C)C.C[Si](C)(C)[N-][Si](C)(C)C.C[Si](C)(C)[N-][Si](C)(C)C.[N-]=[N+]=[N-].[N-]=[N+]=[N-].[U]. The van der Waals surface area contributed by atoms with Crippen LogP contribution in [0.4, 0.5) is 0 Å². The summed E-state index contributed by atoms with van der Waals surface area (Å²) in [6.07, 6.45) is 5.54. The van der Waals surface area contributed by atoms with Crippen molar-refractivity contribution in [2.75, 3.05) is 0 Å². The zero-order chi connectivity index (χ0) is 33.4. The molecule has 0 aromatic heterocycles. The topological polar surface area (TPSA) is 160 Å². The standard InChI is InChI=1S/3C6H18NSi2.C6H14.2N3.U/c3*1-8(2,3)7-9(4,5)6;1-3-5-6-4-2;2*1-3-2;/h3*1-6H3;3-6H2,1-2H3;;;/q3*-1;;2*-1;. The van der Waals surface area contributed by atoms with Crippen molar-refractivity contribution in [2.45, 2.75) is 157 Å². The first kappa shape index (κ1) is 56.6. The molecule has 0 spiro atoms. The van der Waals surface area contributed by atoms with E-state index in [2.05, 4.69) is 132 Å². The van der Waals surface area contributed by atoms with E-state index in [9.17, 15) is 0 Å². The van der Waals surface area contributed by atoms with E-state index >= 15 is 0 Å². The third kappa shape index (κ3) is 117. The van der Waals surface area contributed by atoms with Crippen molar-refractivity contribution < 1.29 is 31.1 Å². The second-order valence-corrected chi connectivity index (χ2v) is 44.0. The summed E-state index contributed by atoms with van der Waals surface area (Å²) in [5, 5.41) is 0. The van der Waals surface area contributed by atoms with Gasteiger partial charge in [0.25, 0.3) is 0 Å². The molecule has 242 valence electrons. The Morgan fingerprint density at radius 2 is 0.475 bits per heavy atom. The van der Waals surface area contributed by atoms with Crippen molar-refractivity contribution in [2.24, 2.45) is 0 Å². The van der Waals surface area contributed by atoms with Gasteiger partial charge in [-0.1, -0.05) is 207 Å². The van der Waals surface area contributed by atoms with E-state index in [0.717, 1.165) is 0 Å². The molecule has 0 amide bonds. The molecule has 0 aliphatic carbocycles. The van der Waals surface area contributed by atoms with Crippen molar-refractivity contribution in [1.82, 2.24) is 0 Å². The van der Waals surface area contributed by atoms with Crippen molar-refractivity contribution in [1.29, 1.82) is 0 Å². The molecule has 0 aliphatic rings. The van der Waals surface area contributed by atoms with Gasteiger partial charge in [0.1, 0.15) is 0 Å². The van der Waals surface area contributed by atoms with Gasteiger partial charge in [-0.15, -0.1) is 0 Å². The average Bonchev–Trinajstić information content (AvgIpc) is 2.53. The van der Waals surface area contributed by atoms with Crippen LogP contribution in [-0.2, 0) is 0 Å². The number of hydrogen-bond donors (Lipinski definition) is 0. The zero-order valence-corrected chi connectivity index (χ0v) is 40.5. The van der Waals surface area contributed by atoms with Crippen LogP contribution in [0.3, 0.4) is 0 Å². The van der Waals surface area contributed by atoms with Crippen LogP contribution in [0.1, 0.15) is 39.5 Å². The van der Waals surface area contributed by atoms with Crippen LogP contribution in [0.15, 0.2) is 0 Å². The van der Waals surface area contributed by atoms with Gasteiger partial charge in [0.05, 0.1) is 0 Å². The summed E-state index contributed by atoms with van der Waals surface area (Å²) < 4.78 is 14.5. The summed E-state index contributed by atoms with van der Waals surface area (Å²) in [6, 6.07) is 0. The Morgan fingerprint density at radius 1 is 0.375 bits per heavy atom. The Bertz CT molecular complexity index is 504. The fourth-order valence-corrected chi connectivity index (χ4v) is 27.7. The minimum atomic E-state index is -1.11. The first-order valence-electron chi connectivity index (χ1n) is 14.1. The molecule has 40 heavy (non-hydrogen) atoms.